The van der Waals surface area contributed by atoms with Crippen molar-refractivity contribution in [3.05, 3.63) is 29.8 Å². The van der Waals surface area contributed by atoms with Gasteiger partial charge in [-0.05, 0) is 36.0 Å². The monoisotopic (exact) mass is 332 g/mol. The van der Waals surface area contributed by atoms with E-state index in [-0.39, 0.29) is 23.1 Å². The van der Waals surface area contributed by atoms with Gasteiger partial charge in [-0.1, -0.05) is 46.8 Å². The summed E-state index contributed by atoms with van der Waals surface area (Å²) < 4.78 is 0. The molecule has 4 nitrogen and oxygen atoms in total. The lowest BCUT2D eigenvalue weighted by molar-refractivity contribution is -0.125. The van der Waals surface area contributed by atoms with Gasteiger partial charge in [-0.15, -0.1) is 0 Å². The Hall–Kier alpha value is -1.84. The molecule has 134 valence electrons. The molecular weight excluding hydrogens is 300 g/mol. The third-order valence-corrected chi connectivity index (χ3v) is 4.42. The molecule has 0 radical (unpaired) electrons. The number of hydrogen-bond acceptors (Lipinski definition) is 2. The van der Waals surface area contributed by atoms with Crippen LogP contribution in [0.25, 0.3) is 0 Å². The second kappa shape index (κ2) is 8.86. The number of carbonyl (C=O) groups excluding carboxylic acids is 2. The summed E-state index contributed by atoms with van der Waals surface area (Å²) in [6, 6.07) is 8.08. The van der Waals surface area contributed by atoms with Crippen molar-refractivity contribution in [2.24, 2.45) is 5.92 Å². The Morgan fingerprint density at radius 1 is 1.08 bits per heavy atom. The summed E-state index contributed by atoms with van der Waals surface area (Å²) in [7, 11) is 0. The van der Waals surface area contributed by atoms with Crippen molar-refractivity contribution in [1.29, 1.82) is 0 Å². The van der Waals surface area contributed by atoms with Crippen LogP contribution in [-0.2, 0) is 15.0 Å². The first-order chi connectivity index (χ1) is 11.2. The van der Waals surface area contributed by atoms with Gasteiger partial charge in [-0.2, -0.15) is 0 Å². The van der Waals surface area contributed by atoms with Gasteiger partial charge in [0.1, 0.15) is 0 Å². The Morgan fingerprint density at radius 2 is 1.62 bits per heavy atom. The van der Waals surface area contributed by atoms with Gasteiger partial charge in [0.25, 0.3) is 0 Å². The zero-order valence-electron chi connectivity index (χ0n) is 16.0. The third kappa shape index (κ3) is 5.66. The van der Waals surface area contributed by atoms with Crippen molar-refractivity contribution in [2.45, 2.75) is 59.8 Å². The number of nitrogens with one attached hydrogen (secondary N) is 1. The number of benzene rings is 1. The van der Waals surface area contributed by atoms with Crippen molar-refractivity contribution in [2.75, 3.05) is 18.0 Å². The van der Waals surface area contributed by atoms with Crippen LogP contribution in [0.2, 0.25) is 0 Å². The van der Waals surface area contributed by atoms with E-state index < -0.39 is 0 Å². The van der Waals surface area contributed by atoms with Gasteiger partial charge >= 0.3 is 0 Å². The molecule has 1 aromatic carbocycles. The Morgan fingerprint density at radius 3 is 2.04 bits per heavy atom. The van der Waals surface area contributed by atoms with E-state index in [1.807, 2.05) is 26.0 Å². The molecule has 0 spiro atoms. The van der Waals surface area contributed by atoms with Gasteiger partial charge in [0.15, 0.2) is 0 Å². The average Bonchev–Trinajstić information content (AvgIpc) is 2.51. The second-order valence-electron chi connectivity index (χ2n) is 7.27. The molecule has 0 atom stereocenters. The molecule has 2 amide bonds. The summed E-state index contributed by atoms with van der Waals surface area (Å²) in [5.41, 5.74) is 2.19. The molecule has 0 aliphatic heterocycles. The molecule has 0 aromatic heterocycles. The number of nitrogens with zero attached hydrogens (tertiary/aromatic N) is 1. The first-order valence-electron chi connectivity index (χ1n) is 8.87. The molecule has 0 saturated carbocycles. The first kappa shape index (κ1) is 20.2. The fourth-order valence-electron chi connectivity index (χ4n) is 2.70. The van der Waals surface area contributed by atoms with Crippen molar-refractivity contribution in [1.82, 2.24) is 5.32 Å². The van der Waals surface area contributed by atoms with Gasteiger partial charge in [-0.3, -0.25) is 9.59 Å². The Kier molecular flexibility index (Phi) is 7.46. The van der Waals surface area contributed by atoms with E-state index >= 15 is 0 Å². The van der Waals surface area contributed by atoms with E-state index in [2.05, 4.69) is 38.2 Å². The molecule has 0 unspecified atom stereocenters. The highest BCUT2D eigenvalue weighted by atomic mass is 16.2. The molecule has 4 heteroatoms. The molecule has 1 N–H and O–H groups in total. The van der Waals surface area contributed by atoms with Crippen LogP contribution in [0, 0.1) is 5.92 Å². The lowest BCUT2D eigenvalue weighted by Gasteiger charge is -2.24. The Balaban J connectivity index is 2.71. The van der Waals surface area contributed by atoms with Crippen LogP contribution >= 0.6 is 0 Å². The van der Waals surface area contributed by atoms with E-state index in [1.165, 1.54) is 5.56 Å². The minimum absolute atomic E-state index is 0.0182. The van der Waals surface area contributed by atoms with Crippen molar-refractivity contribution in [3.63, 3.8) is 0 Å². The molecule has 0 aliphatic rings. The number of hydrogen-bond donors (Lipinski definition) is 1. The van der Waals surface area contributed by atoms with Crippen LogP contribution in [0.4, 0.5) is 5.69 Å². The van der Waals surface area contributed by atoms with Gasteiger partial charge in [0.2, 0.25) is 11.8 Å². The van der Waals surface area contributed by atoms with Gasteiger partial charge in [0.05, 0.1) is 0 Å². The molecule has 0 aliphatic carbocycles. The number of rotatable bonds is 7. The second-order valence-corrected chi connectivity index (χ2v) is 7.27. The minimum atomic E-state index is -0.0182. The summed E-state index contributed by atoms with van der Waals surface area (Å²) >= 11 is 0. The SMILES string of the molecule is CCC(CC)C(=O)NCCN(C(C)=O)c1ccc(C(C)(C)C)cc1. The summed E-state index contributed by atoms with van der Waals surface area (Å²) in [6.07, 6.45) is 1.68. The Labute approximate surface area is 146 Å². The predicted molar refractivity (Wildman–Crippen MR) is 100 cm³/mol. The molecular formula is C20H32N2O2. The van der Waals surface area contributed by atoms with Crippen LogP contribution in [-0.4, -0.2) is 24.9 Å². The highest BCUT2D eigenvalue weighted by Gasteiger charge is 2.17. The maximum Gasteiger partial charge on any atom is 0.223 e. The molecule has 0 saturated heterocycles. The molecule has 0 fully saturated rings. The largest absolute Gasteiger partial charge is 0.354 e. The van der Waals surface area contributed by atoms with E-state index in [4.69, 9.17) is 0 Å². The average molecular weight is 332 g/mol. The summed E-state index contributed by atoms with van der Waals surface area (Å²) in [5.74, 6) is 0.115. The van der Waals surface area contributed by atoms with Gasteiger partial charge in [-0.25, -0.2) is 0 Å². The van der Waals surface area contributed by atoms with Gasteiger partial charge in [0, 0.05) is 31.6 Å². The third-order valence-electron chi connectivity index (χ3n) is 4.42. The van der Waals surface area contributed by atoms with Crippen LogP contribution in [0.15, 0.2) is 24.3 Å². The predicted octanol–water partition coefficient (Wildman–Crippen LogP) is 3.89. The zero-order valence-corrected chi connectivity index (χ0v) is 16.0. The summed E-state index contributed by atoms with van der Waals surface area (Å²) in [5, 5.41) is 2.94. The van der Waals surface area contributed by atoms with Crippen LogP contribution < -0.4 is 10.2 Å². The minimum Gasteiger partial charge on any atom is -0.354 e. The standard InChI is InChI=1S/C20H32N2O2/c1-7-16(8-2)19(24)21-13-14-22(15(3)23)18-11-9-17(10-12-18)20(4,5)6/h9-12,16H,7-8,13-14H2,1-6H3,(H,21,24). The molecule has 1 rings (SSSR count). The number of carbonyl (C=O) groups is 2. The lowest BCUT2D eigenvalue weighted by atomic mass is 9.87. The van der Waals surface area contributed by atoms with Crippen LogP contribution in [0.1, 0.15) is 59.9 Å². The van der Waals surface area contributed by atoms with Crippen molar-refractivity contribution in [3.8, 4) is 0 Å². The summed E-state index contributed by atoms with van der Waals surface area (Å²) in [4.78, 5) is 25.7. The fourth-order valence-corrected chi connectivity index (χ4v) is 2.70. The highest BCUT2D eigenvalue weighted by molar-refractivity contribution is 5.91. The number of amides is 2. The lowest BCUT2D eigenvalue weighted by Crippen LogP contribution is -2.39. The molecule has 0 heterocycles. The maximum atomic E-state index is 12.0. The van der Waals surface area contributed by atoms with Crippen LogP contribution in [0.5, 0.6) is 0 Å². The molecule has 1 aromatic rings. The van der Waals surface area contributed by atoms with Crippen LogP contribution in [0.3, 0.4) is 0 Å². The normalized spacial score (nSPS) is 11.5. The van der Waals surface area contributed by atoms with Crippen molar-refractivity contribution < 1.29 is 9.59 Å². The quantitative estimate of drug-likeness (QED) is 0.823. The van der Waals surface area contributed by atoms with E-state index in [0.717, 1.165) is 18.5 Å². The fraction of sp³-hybridized carbons (Fsp3) is 0.600. The maximum absolute atomic E-state index is 12.0. The molecule has 24 heavy (non-hydrogen) atoms. The Bertz CT molecular complexity index is 540. The highest BCUT2D eigenvalue weighted by Crippen LogP contribution is 2.25. The first-order valence-corrected chi connectivity index (χ1v) is 8.87. The summed E-state index contributed by atoms with van der Waals surface area (Å²) in [6.45, 7) is 13.0. The smallest absolute Gasteiger partial charge is 0.223 e. The zero-order chi connectivity index (χ0) is 18.3. The number of anilines is 1. The van der Waals surface area contributed by atoms with E-state index in [9.17, 15) is 9.59 Å². The van der Waals surface area contributed by atoms with E-state index in [0.29, 0.717) is 13.1 Å². The van der Waals surface area contributed by atoms with Crippen molar-refractivity contribution >= 4 is 17.5 Å². The topological polar surface area (TPSA) is 49.4 Å². The van der Waals surface area contributed by atoms with E-state index in [1.54, 1.807) is 11.8 Å². The van der Waals surface area contributed by atoms with Gasteiger partial charge < -0.3 is 10.2 Å². The molecule has 0 bridgehead atoms.